The summed E-state index contributed by atoms with van der Waals surface area (Å²) in [6, 6.07) is 0. The van der Waals surface area contributed by atoms with Crippen LogP contribution in [0.3, 0.4) is 0 Å². The molecule has 1 aliphatic heterocycles. The van der Waals surface area contributed by atoms with Crippen molar-refractivity contribution in [1.29, 1.82) is 0 Å². The molecule has 62 valence electrons. The standard InChI is InChI=1S/C6H11N3O2/c1-11-9-5-4(2-7)3-8-6(5)10/h4H,2-3,7H2,1H3,(H,8,10). The molecule has 0 aliphatic carbocycles. The topological polar surface area (TPSA) is 76.7 Å². The molecule has 1 amide bonds. The van der Waals surface area contributed by atoms with Crippen molar-refractivity contribution in [3.05, 3.63) is 0 Å². The van der Waals surface area contributed by atoms with Gasteiger partial charge in [-0.05, 0) is 0 Å². The molecule has 0 spiro atoms. The summed E-state index contributed by atoms with van der Waals surface area (Å²) < 4.78 is 0. The highest BCUT2D eigenvalue weighted by Gasteiger charge is 2.29. The van der Waals surface area contributed by atoms with Crippen molar-refractivity contribution < 1.29 is 9.63 Å². The average molecular weight is 157 g/mol. The molecule has 5 heteroatoms. The van der Waals surface area contributed by atoms with E-state index in [0.29, 0.717) is 18.8 Å². The quantitative estimate of drug-likeness (QED) is 0.489. The molecule has 0 aromatic heterocycles. The van der Waals surface area contributed by atoms with Crippen LogP contribution in [-0.4, -0.2) is 31.8 Å². The zero-order valence-electron chi connectivity index (χ0n) is 6.33. The molecule has 11 heavy (non-hydrogen) atoms. The van der Waals surface area contributed by atoms with Gasteiger partial charge in [0.2, 0.25) is 0 Å². The largest absolute Gasteiger partial charge is 0.399 e. The van der Waals surface area contributed by atoms with Crippen LogP contribution >= 0.6 is 0 Å². The van der Waals surface area contributed by atoms with Crippen molar-refractivity contribution in [2.24, 2.45) is 16.8 Å². The number of rotatable bonds is 2. The Hall–Kier alpha value is -1.10. The first-order chi connectivity index (χ1) is 5.29. The number of oxime groups is 1. The Labute approximate surface area is 64.6 Å². The summed E-state index contributed by atoms with van der Waals surface area (Å²) >= 11 is 0. The van der Waals surface area contributed by atoms with Gasteiger partial charge in [0.15, 0.2) is 5.71 Å². The molecule has 0 aromatic carbocycles. The minimum atomic E-state index is -0.178. The van der Waals surface area contributed by atoms with Crippen molar-refractivity contribution in [3.63, 3.8) is 0 Å². The molecule has 1 atom stereocenters. The van der Waals surface area contributed by atoms with E-state index in [4.69, 9.17) is 5.73 Å². The summed E-state index contributed by atoms with van der Waals surface area (Å²) in [5, 5.41) is 6.21. The van der Waals surface area contributed by atoms with Crippen LogP contribution in [0.1, 0.15) is 0 Å². The predicted molar refractivity (Wildman–Crippen MR) is 40.0 cm³/mol. The predicted octanol–water partition coefficient (Wildman–Crippen LogP) is -1.31. The molecule has 3 N–H and O–H groups in total. The van der Waals surface area contributed by atoms with E-state index in [1.165, 1.54) is 7.11 Å². The van der Waals surface area contributed by atoms with Gasteiger partial charge in [-0.3, -0.25) is 4.79 Å². The molecule has 1 fully saturated rings. The van der Waals surface area contributed by atoms with Gasteiger partial charge in [0.1, 0.15) is 7.11 Å². The molecule has 0 radical (unpaired) electrons. The van der Waals surface area contributed by atoms with E-state index in [1.54, 1.807) is 0 Å². The van der Waals surface area contributed by atoms with Crippen LogP contribution in [0.5, 0.6) is 0 Å². The molecule has 1 heterocycles. The molecule has 1 rings (SSSR count). The Bertz CT molecular complexity index is 190. The lowest BCUT2D eigenvalue weighted by molar-refractivity contribution is -0.114. The lowest BCUT2D eigenvalue weighted by Crippen LogP contribution is -2.23. The smallest absolute Gasteiger partial charge is 0.269 e. The number of nitrogens with two attached hydrogens (primary N) is 1. The lowest BCUT2D eigenvalue weighted by Gasteiger charge is -2.01. The van der Waals surface area contributed by atoms with Crippen molar-refractivity contribution in [2.75, 3.05) is 20.2 Å². The molecule has 1 aliphatic rings. The van der Waals surface area contributed by atoms with Crippen LogP contribution in [0.25, 0.3) is 0 Å². The fourth-order valence-corrected chi connectivity index (χ4v) is 0.998. The highest BCUT2D eigenvalue weighted by Crippen LogP contribution is 2.04. The maximum atomic E-state index is 11.0. The van der Waals surface area contributed by atoms with E-state index in [-0.39, 0.29) is 11.8 Å². The molecule has 0 saturated carbocycles. The molecule has 1 unspecified atom stereocenters. The highest BCUT2D eigenvalue weighted by molar-refractivity contribution is 6.41. The number of nitrogens with zero attached hydrogens (tertiary/aromatic N) is 1. The number of amides is 1. The van der Waals surface area contributed by atoms with Crippen LogP contribution in [0.4, 0.5) is 0 Å². The molecular formula is C6H11N3O2. The fraction of sp³-hybridized carbons (Fsp3) is 0.667. The number of carbonyl (C=O) groups excluding carboxylic acids is 1. The van der Waals surface area contributed by atoms with E-state index in [9.17, 15) is 4.79 Å². The Morgan fingerprint density at radius 3 is 3.18 bits per heavy atom. The maximum Gasteiger partial charge on any atom is 0.269 e. The van der Waals surface area contributed by atoms with Crippen LogP contribution in [0.2, 0.25) is 0 Å². The number of nitrogens with one attached hydrogen (secondary N) is 1. The van der Waals surface area contributed by atoms with E-state index in [0.717, 1.165) is 0 Å². The minimum Gasteiger partial charge on any atom is -0.399 e. The monoisotopic (exact) mass is 157 g/mol. The normalized spacial score (nSPS) is 27.3. The maximum absolute atomic E-state index is 11.0. The number of hydrogen-bond donors (Lipinski definition) is 2. The van der Waals surface area contributed by atoms with Crippen LogP contribution in [0, 0.1) is 5.92 Å². The van der Waals surface area contributed by atoms with E-state index >= 15 is 0 Å². The summed E-state index contributed by atoms with van der Waals surface area (Å²) in [6.45, 7) is 0.985. The fourth-order valence-electron chi connectivity index (χ4n) is 0.998. The first kappa shape index (κ1) is 8.00. The molecule has 1 saturated heterocycles. The lowest BCUT2D eigenvalue weighted by atomic mass is 10.1. The van der Waals surface area contributed by atoms with Gasteiger partial charge in [0, 0.05) is 19.0 Å². The minimum absolute atomic E-state index is 0.00227. The molecule has 5 nitrogen and oxygen atoms in total. The van der Waals surface area contributed by atoms with Gasteiger partial charge in [-0.2, -0.15) is 0 Å². The van der Waals surface area contributed by atoms with Gasteiger partial charge in [-0.1, -0.05) is 5.16 Å². The van der Waals surface area contributed by atoms with Crippen molar-refractivity contribution in [3.8, 4) is 0 Å². The number of carbonyl (C=O) groups is 1. The zero-order valence-corrected chi connectivity index (χ0v) is 6.33. The van der Waals surface area contributed by atoms with Crippen molar-refractivity contribution >= 4 is 11.6 Å². The second-order valence-electron chi connectivity index (χ2n) is 2.30. The third-order valence-electron chi connectivity index (χ3n) is 1.60. The van der Waals surface area contributed by atoms with E-state index < -0.39 is 0 Å². The summed E-state index contributed by atoms with van der Waals surface area (Å²) in [4.78, 5) is 15.5. The summed E-state index contributed by atoms with van der Waals surface area (Å²) in [7, 11) is 1.41. The molecule has 0 aromatic rings. The molecular weight excluding hydrogens is 146 g/mol. The van der Waals surface area contributed by atoms with Gasteiger partial charge < -0.3 is 15.9 Å². The number of hydrogen-bond acceptors (Lipinski definition) is 4. The second kappa shape index (κ2) is 3.34. The SMILES string of the molecule is CON=C1C(=O)NCC1CN. The third kappa shape index (κ3) is 1.48. The van der Waals surface area contributed by atoms with E-state index in [1.807, 2.05) is 0 Å². The summed E-state index contributed by atoms with van der Waals surface area (Å²) in [5.74, 6) is -0.176. The molecule has 0 bridgehead atoms. The Kier molecular flexibility index (Phi) is 2.43. The van der Waals surface area contributed by atoms with Gasteiger partial charge in [-0.25, -0.2) is 0 Å². The Morgan fingerprint density at radius 2 is 2.64 bits per heavy atom. The van der Waals surface area contributed by atoms with Crippen LogP contribution in [0.15, 0.2) is 5.16 Å². The van der Waals surface area contributed by atoms with Crippen LogP contribution < -0.4 is 11.1 Å². The van der Waals surface area contributed by atoms with Gasteiger partial charge >= 0.3 is 0 Å². The summed E-state index contributed by atoms with van der Waals surface area (Å²) in [5.41, 5.74) is 5.79. The third-order valence-corrected chi connectivity index (χ3v) is 1.60. The average Bonchev–Trinajstić information content (AvgIpc) is 2.34. The first-order valence-corrected chi connectivity index (χ1v) is 3.39. The van der Waals surface area contributed by atoms with Crippen molar-refractivity contribution in [2.45, 2.75) is 0 Å². The summed E-state index contributed by atoms with van der Waals surface area (Å²) in [6.07, 6.45) is 0. The van der Waals surface area contributed by atoms with Crippen molar-refractivity contribution in [1.82, 2.24) is 5.32 Å². The second-order valence-corrected chi connectivity index (χ2v) is 2.30. The Morgan fingerprint density at radius 1 is 1.91 bits per heavy atom. The Balaban J connectivity index is 2.71. The highest BCUT2D eigenvalue weighted by atomic mass is 16.6. The van der Waals surface area contributed by atoms with Gasteiger partial charge in [-0.15, -0.1) is 0 Å². The van der Waals surface area contributed by atoms with E-state index in [2.05, 4.69) is 15.3 Å². The van der Waals surface area contributed by atoms with Gasteiger partial charge in [0.05, 0.1) is 0 Å². The van der Waals surface area contributed by atoms with Gasteiger partial charge in [0.25, 0.3) is 5.91 Å². The first-order valence-electron chi connectivity index (χ1n) is 3.39. The zero-order chi connectivity index (χ0) is 8.27. The van der Waals surface area contributed by atoms with Crippen LogP contribution in [-0.2, 0) is 9.63 Å².